The molecule has 33 heavy (non-hydrogen) atoms. The van der Waals surface area contributed by atoms with Crippen LogP contribution in [0.1, 0.15) is 29.8 Å². The van der Waals surface area contributed by atoms with Crippen LogP contribution in [0.5, 0.6) is 0 Å². The van der Waals surface area contributed by atoms with Crippen LogP contribution in [0, 0.1) is 6.92 Å². The molecule has 0 amide bonds. The summed E-state index contributed by atoms with van der Waals surface area (Å²) in [4.78, 5) is 29.2. The number of imidazole rings is 2. The van der Waals surface area contributed by atoms with E-state index in [2.05, 4.69) is 19.9 Å². The van der Waals surface area contributed by atoms with Crippen LogP contribution in [0.15, 0.2) is 65.7 Å². The van der Waals surface area contributed by atoms with Gasteiger partial charge in [-0.05, 0) is 25.0 Å². The Morgan fingerprint density at radius 1 is 1.09 bits per heavy atom. The summed E-state index contributed by atoms with van der Waals surface area (Å²) in [5, 5.41) is 10.1. The largest absolute Gasteiger partial charge is 0.389 e. The first-order valence-electron chi connectivity index (χ1n) is 10.7. The van der Waals surface area contributed by atoms with Gasteiger partial charge in [-0.3, -0.25) is 4.57 Å². The number of aromatic nitrogens is 6. The van der Waals surface area contributed by atoms with Crippen molar-refractivity contribution in [3.63, 3.8) is 0 Å². The first-order chi connectivity index (χ1) is 15.9. The van der Waals surface area contributed by atoms with E-state index in [0.29, 0.717) is 23.5 Å². The molecular weight excluding hydrogens is 416 g/mol. The minimum Gasteiger partial charge on any atom is -0.389 e. The Morgan fingerprint density at radius 2 is 1.85 bits per heavy atom. The summed E-state index contributed by atoms with van der Waals surface area (Å²) in [5.74, 6) is 1.37. The molecule has 1 unspecified atom stereocenters. The van der Waals surface area contributed by atoms with E-state index in [0.717, 1.165) is 33.8 Å². The van der Waals surface area contributed by atoms with Crippen molar-refractivity contribution >= 4 is 11.2 Å². The molecule has 0 aliphatic carbocycles. The fraction of sp³-hybridized carbons (Fsp3) is 0.200. The molecule has 166 valence electrons. The van der Waals surface area contributed by atoms with Gasteiger partial charge >= 0.3 is 5.69 Å². The Morgan fingerprint density at radius 3 is 2.55 bits per heavy atom. The predicted molar refractivity (Wildman–Crippen MR) is 127 cm³/mol. The van der Waals surface area contributed by atoms with Gasteiger partial charge in [-0.2, -0.15) is 0 Å². The van der Waals surface area contributed by atoms with Crippen molar-refractivity contribution in [1.29, 1.82) is 0 Å². The van der Waals surface area contributed by atoms with Crippen LogP contribution in [0.4, 0.5) is 0 Å². The molecule has 3 aromatic heterocycles. The quantitative estimate of drug-likeness (QED) is 0.435. The lowest BCUT2D eigenvalue weighted by Gasteiger charge is -2.11. The van der Waals surface area contributed by atoms with Crippen molar-refractivity contribution in [3.05, 3.63) is 88.2 Å². The number of aromatic amines is 1. The third-order valence-corrected chi connectivity index (χ3v) is 5.71. The summed E-state index contributed by atoms with van der Waals surface area (Å²) in [7, 11) is 1.97. The highest BCUT2D eigenvalue weighted by Crippen LogP contribution is 2.26. The molecule has 0 aliphatic heterocycles. The highest BCUT2D eigenvalue weighted by Gasteiger charge is 2.15. The van der Waals surface area contributed by atoms with Gasteiger partial charge in [-0.25, -0.2) is 19.7 Å². The Hall–Kier alpha value is -4.04. The lowest BCUT2D eigenvalue weighted by Crippen LogP contribution is -2.17. The van der Waals surface area contributed by atoms with E-state index in [1.54, 1.807) is 17.7 Å². The maximum Gasteiger partial charge on any atom is 0.328 e. The summed E-state index contributed by atoms with van der Waals surface area (Å²) in [6.45, 7) is 4.05. The van der Waals surface area contributed by atoms with Crippen LogP contribution < -0.4 is 5.69 Å². The number of benzene rings is 2. The van der Waals surface area contributed by atoms with Gasteiger partial charge in [0.05, 0.1) is 24.5 Å². The standard InChI is InChI=1S/C25H24N6O2/c1-15-13-30(3)23(27-15)18-10-8-17(9-11-18)14-31-24-21(28-25(31)33)12-26-22(29-24)20-7-5-4-6-19(20)16(2)32/h4-13,16,32H,14H2,1-3H3,(H,28,33). The molecule has 0 spiro atoms. The molecule has 3 heterocycles. The summed E-state index contributed by atoms with van der Waals surface area (Å²) in [5.41, 5.74) is 5.27. The molecule has 5 aromatic rings. The number of H-pyrrole nitrogens is 1. The van der Waals surface area contributed by atoms with Gasteiger partial charge in [0.15, 0.2) is 11.5 Å². The summed E-state index contributed by atoms with van der Waals surface area (Å²) in [6, 6.07) is 15.5. The molecule has 5 rings (SSSR count). The normalized spacial score (nSPS) is 12.4. The van der Waals surface area contributed by atoms with Crippen molar-refractivity contribution in [1.82, 2.24) is 29.1 Å². The third kappa shape index (κ3) is 3.85. The van der Waals surface area contributed by atoms with Gasteiger partial charge in [0.1, 0.15) is 11.3 Å². The van der Waals surface area contributed by atoms with Gasteiger partial charge in [-0.15, -0.1) is 0 Å². The molecule has 0 radical (unpaired) electrons. The zero-order valence-electron chi connectivity index (χ0n) is 18.6. The van der Waals surface area contributed by atoms with Crippen LogP contribution >= 0.6 is 0 Å². The van der Waals surface area contributed by atoms with E-state index in [1.165, 1.54) is 0 Å². The number of aliphatic hydroxyl groups excluding tert-OH is 1. The number of aryl methyl sites for hydroxylation is 2. The highest BCUT2D eigenvalue weighted by molar-refractivity contribution is 5.73. The molecule has 8 nitrogen and oxygen atoms in total. The number of rotatable bonds is 5. The minimum absolute atomic E-state index is 0.246. The van der Waals surface area contributed by atoms with Gasteiger partial charge in [0.25, 0.3) is 0 Å². The fourth-order valence-corrected chi connectivity index (χ4v) is 4.11. The molecule has 0 fully saturated rings. The van der Waals surface area contributed by atoms with Crippen LogP contribution in [0.3, 0.4) is 0 Å². The average Bonchev–Trinajstić information content (AvgIpc) is 3.31. The highest BCUT2D eigenvalue weighted by atomic mass is 16.3. The topological polar surface area (TPSA) is 102 Å². The van der Waals surface area contributed by atoms with Crippen molar-refractivity contribution in [2.45, 2.75) is 26.5 Å². The molecule has 2 N–H and O–H groups in total. The van der Waals surface area contributed by atoms with E-state index < -0.39 is 6.10 Å². The molecule has 0 bridgehead atoms. The fourth-order valence-electron chi connectivity index (χ4n) is 4.11. The number of nitrogens with one attached hydrogen (secondary N) is 1. The predicted octanol–water partition coefficient (Wildman–Crippen LogP) is 3.60. The number of nitrogens with zero attached hydrogens (tertiary/aromatic N) is 5. The summed E-state index contributed by atoms with van der Waals surface area (Å²) < 4.78 is 3.60. The van der Waals surface area contributed by atoms with Crippen LogP contribution in [-0.2, 0) is 13.6 Å². The van der Waals surface area contributed by atoms with Gasteiger partial charge in [-0.1, -0.05) is 48.5 Å². The van der Waals surface area contributed by atoms with E-state index in [-0.39, 0.29) is 5.69 Å². The Bertz CT molecular complexity index is 1510. The number of aliphatic hydroxyl groups is 1. The number of fused-ring (bicyclic) bond motifs is 1. The molecule has 2 aromatic carbocycles. The second-order valence-corrected chi connectivity index (χ2v) is 8.22. The maximum atomic E-state index is 12.7. The van der Waals surface area contributed by atoms with Crippen LogP contribution in [0.2, 0.25) is 0 Å². The van der Waals surface area contributed by atoms with Crippen LogP contribution in [-0.4, -0.2) is 34.2 Å². The molecule has 0 saturated carbocycles. The van der Waals surface area contributed by atoms with Crippen molar-refractivity contribution in [2.75, 3.05) is 0 Å². The monoisotopic (exact) mass is 440 g/mol. The first kappa shape index (κ1) is 20.8. The number of hydrogen-bond donors (Lipinski definition) is 2. The van der Waals surface area contributed by atoms with Crippen LogP contribution in [0.25, 0.3) is 33.9 Å². The number of hydrogen-bond acceptors (Lipinski definition) is 5. The van der Waals surface area contributed by atoms with Gasteiger partial charge in [0, 0.05) is 24.4 Å². The lowest BCUT2D eigenvalue weighted by atomic mass is 10.0. The second-order valence-electron chi connectivity index (χ2n) is 8.22. The molecule has 0 saturated heterocycles. The van der Waals surface area contributed by atoms with E-state index in [9.17, 15) is 9.90 Å². The van der Waals surface area contributed by atoms with Crippen molar-refractivity contribution in [2.24, 2.45) is 7.05 Å². The van der Waals surface area contributed by atoms with E-state index in [4.69, 9.17) is 0 Å². The van der Waals surface area contributed by atoms with Gasteiger partial charge < -0.3 is 14.7 Å². The molecule has 0 aliphatic rings. The Balaban J connectivity index is 1.51. The SMILES string of the molecule is Cc1cn(C)c(-c2ccc(Cn3c(=O)[nH]c4cnc(-c5ccccc5C(C)O)nc43)cc2)n1. The lowest BCUT2D eigenvalue weighted by molar-refractivity contribution is 0.200. The second kappa shape index (κ2) is 8.14. The maximum absolute atomic E-state index is 12.7. The molecule has 1 atom stereocenters. The Labute approximate surface area is 190 Å². The smallest absolute Gasteiger partial charge is 0.328 e. The summed E-state index contributed by atoms with van der Waals surface area (Å²) >= 11 is 0. The third-order valence-electron chi connectivity index (χ3n) is 5.71. The van der Waals surface area contributed by atoms with Crippen molar-refractivity contribution < 1.29 is 5.11 Å². The zero-order valence-corrected chi connectivity index (χ0v) is 18.6. The minimum atomic E-state index is -0.657. The first-order valence-corrected chi connectivity index (χ1v) is 10.7. The van der Waals surface area contributed by atoms with Crippen molar-refractivity contribution in [3.8, 4) is 22.8 Å². The zero-order chi connectivity index (χ0) is 23.1. The average molecular weight is 441 g/mol. The summed E-state index contributed by atoms with van der Waals surface area (Å²) in [6.07, 6.45) is 2.94. The van der Waals surface area contributed by atoms with Gasteiger partial charge in [0.2, 0.25) is 0 Å². The van der Waals surface area contributed by atoms with E-state index in [1.807, 2.05) is 73.3 Å². The Kier molecular flexibility index (Phi) is 5.14. The van der Waals surface area contributed by atoms with E-state index >= 15 is 0 Å². The molecular formula is C25H24N6O2. The molecule has 8 heteroatoms.